The van der Waals surface area contributed by atoms with Gasteiger partial charge in [-0.15, -0.1) is 0 Å². The second-order valence-corrected chi connectivity index (χ2v) is 16.9. The van der Waals surface area contributed by atoms with Gasteiger partial charge >= 0.3 is 12.1 Å². The number of ether oxygens (including phenoxy) is 3. The fourth-order valence-electron chi connectivity index (χ4n) is 9.96. The molecule has 14 atom stereocenters. The molecule has 0 spiro atoms. The molecule has 2 bridgehead atoms. The average molecular weight is 713 g/mol. The zero-order valence-electron chi connectivity index (χ0n) is 31.0. The maximum absolute atomic E-state index is 16.8. The van der Waals surface area contributed by atoms with Crippen molar-refractivity contribution in [2.75, 3.05) is 39.4 Å². The molecule has 1 saturated carbocycles. The van der Waals surface area contributed by atoms with Crippen LogP contribution in [0, 0.1) is 23.7 Å². The fourth-order valence-corrected chi connectivity index (χ4v) is 9.96. The van der Waals surface area contributed by atoms with Gasteiger partial charge in [-0.25, -0.2) is 18.4 Å². The van der Waals surface area contributed by atoms with Gasteiger partial charge < -0.3 is 39.8 Å². The second kappa shape index (κ2) is 15.3. The Bertz CT molecular complexity index is 1200. The highest BCUT2D eigenvalue weighted by Crippen LogP contribution is 2.44. The molecule has 14 heteroatoms. The molecule has 5 aliphatic heterocycles. The van der Waals surface area contributed by atoms with E-state index in [9.17, 15) is 14.7 Å². The standard InChI is InChI=1S/C36H62F2N6O6/c1-8-48-26-18-49-25-11-9-10-23(37)27(25)29-24(38)16-22-32(43-15-14-42(17-20(43)4)35(47)50-36(5,6)7)41-34(46)44(33(22)40-29)30-21(31(26)45)12-13-39-28(30)19(2)3/h19-33,39-40,45H,8-18H2,1-7H3,(H,41,46)/t20-,21?,22?,23?,24?,25?,26?,27?,28?,29?,30?,31?,32?,33?/m0/s1. The first-order chi connectivity index (χ1) is 23.7. The third-order valence-electron chi connectivity index (χ3n) is 12.2. The van der Waals surface area contributed by atoms with E-state index in [4.69, 9.17) is 14.2 Å². The predicted octanol–water partition coefficient (Wildman–Crippen LogP) is 3.23. The lowest BCUT2D eigenvalue weighted by Crippen LogP contribution is -2.80. The number of piperazine rings is 1. The van der Waals surface area contributed by atoms with Gasteiger partial charge in [0, 0.05) is 62.1 Å². The fraction of sp³-hybridized carbons (Fsp3) is 0.944. The number of rotatable bonds is 4. The molecule has 286 valence electrons. The summed E-state index contributed by atoms with van der Waals surface area (Å²) in [5.41, 5.74) is -0.622. The maximum Gasteiger partial charge on any atom is 0.410 e. The highest BCUT2D eigenvalue weighted by molar-refractivity contribution is 5.76. The quantitative estimate of drug-likeness (QED) is 0.348. The van der Waals surface area contributed by atoms with E-state index in [-0.39, 0.29) is 49.1 Å². The van der Waals surface area contributed by atoms with Crippen molar-refractivity contribution in [3.8, 4) is 0 Å². The summed E-state index contributed by atoms with van der Waals surface area (Å²) in [6.45, 7) is 16.0. The first-order valence-corrected chi connectivity index (χ1v) is 19.2. The number of aliphatic hydroxyl groups excluding tert-OH is 1. The number of amides is 3. The monoisotopic (exact) mass is 712 g/mol. The van der Waals surface area contributed by atoms with Crippen molar-refractivity contribution in [2.45, 2.75) is 153 Å². The molecule has 12 nitrogen and oxygen atoms in total. The number of alkyl halides is 2. The van der Waals surface area contributed by atoms with Crippen LogP contribution in [-0.2, 0) is 14.2 Å². The van der Waals surface area contributed by atoms with E-state index >= 15 is 8.78 Å². The molecule has 0 radical (unpaired) electrons. The first kappa shape index (κ1) is 37.9. The second-order valence-electron chi connectivity index (χ2n) is 16.9. The number of piperidine rings is 2. The Hall–Kier alpha value is -1.84. The Morgan fingerprint density at radius 2 is 1.86 bits per heavy atom. The molecule has 3 amide bonds. The van der Waals surface area contributed by atoms with Gasteiger partial charge in [0.15, 0.2) is 0 Å². The average Bonchev–Trinajstić information content (AvgIpc) is 3.05. The molecular weight excluding hydrogens is 650 g/mol. The van der Waals surface area contributed by atoms with Crippen LogP contribution in [0.4, 0.5) is 18.4 Å². The third kappa shape index (κ3) is 7.48. The highest BCUT2D eigenvalue weighted by atomic mass is 19.1. The Morgan fingerprint density at radius 1 is 1.10 bits per heavy atom. The maximum atomic E-state index is 16.8. The normalized spacial score (nSPS) is 43.2. The van der Waals surface area contributed by atoms with Gasteiger partial charge in [-0.05, 0) is 79.2 Å². The Morgan fingerprint density at radius 3 is 2.54 bits per heavy atom. The summed E-state index contributed by atoms with van der Waals surface area (Å²) in [6.07, 6.45) is -4.03. The predicted molar refractivity (Wildman–Crippen MR) is 184 cm³/mol. The van der Waals surface area contributed by atoms with Gasteiger partial charge in [0.2, 0.25) is 0 Å². The van der Waals surface area contributed by atoms with Gasteiger partial charge in [0.05, 0.1) is 37.2 Å². The zero-order chi connectivity index (χ0) is 36.1. The number of halogens is 2. The molecule has 1 aliphatic carbocycles. The Labute approximate surface area is 296 Å². The summed E-state index contributed by atoms with van der Waals surface area (Å²) in [5.74, 6) is -1.38. The first-order valence-electron chi connectivity index (χ1n) is 19.2. The molecule has 50 heavy (non-hydrogen) atoms. The molecule has 0 aromatic heterocycles. The van der Waals surface area contributed by atoms with Crippen molar-refractivity contribution in [1.82, 2.24) is 30.7 Å². The summed E-state index contributed by atoms with van der Waals surface area (Å²) in [7, 11) is 0. The van der Waals surface area contributed by atoms with Crippen molar-refractivity contribution in [3.63, 3.8) is 0 Å². The van der Waals surface area contributed by atoms with E-state index in [2.05, 4.69) is 34.7 Å². The molecule has 4 N–H and O–H groups in total. The molecule has 5 saturated heterocycles. The Balaban J connectivity index is 1.38. The Kier molecular flexibility index (Phi) is 11.6. The van der Waals surface area contributed by atoms with Gasteiger partial charge in [0.25, 0.3) is 0 Å². The third-order valence-corrected chi connectivity index (χ3v) is 12.2. The molecule has 6 rings (SSSR count). The van der Waals surface area contributed by atoms with Gasteiger partial charge in [0.1, 0.15) is 24.0 Å². The number of carbonyl (C=O) groups is 2. The summed E-state index contributed by atoms with van der Waals surface area (Å²) < 4.78 is 51.0. The number of fused-ring (bicyclic) bond motifs is 5. The topological polar surface area (TPSA) is 128 Å². The van der Waals surface area contributed by atoms with Crippen molar-refractivity contribution in [2.24, 2.45) is 23.7 Å². The van der Waals surface area contributed by atoms with Crippen LogP contribution in [0.3, 0.4) is 0 Å². The number of aliphatic hydroxyl groups is 1. The summed E-state index contributed by atoms with van der Waals surface area (Å²) in [6, 6.07) is -1.91. The minimum atomic E-state index is -1.38. The van der Waals surface area contributed by atoms with E-state index in [0.717, 1.165) is 0 Å². The van der Waals surface area contributed by atoms with Crippen LogP contribution in [0.2, 0.25) is 0 Å². The minimum absolute atomic E-state index is 0.0725. The van der Waals surface area contributed by atoms with Crippen LogP contribution < -0.4 is 16.0 Å². The number of hydrogen-bond donors (Lipinski definition) is 4. The van der Waals surface area contributed by atoms with E-state index in [1.165, 1.54) is 0 Å². The van der Waals surface area contributed by atoms with E-state index in [1.807, 2.05) is 39.5 Å². The SMILES string of the molecule is CCOC1COC2CCCC(F)C2C2NC3C(CC2F)C(N2CCN(C(=O)OC(C)(C)C)C[C@@H]2C)NC(=O)N3C2C(CCNC2C(C)C)C1O. The molecular formula is C36H62F2N6O6. The summed E-state index contributed by atoms with van der Waals surface area (Å²) in [5, 5.41) is 22.6. The van der Waals surface area contributed by atoms with Gasteiger partial charge in [-0.2, -0.15) is 0 Å². The van der Waals surface area contributed by atoms with Crippen molar-refractivity contribution in [3.05, 3.63) is 0 Å². The lowest BCUT2D eigenvalue weighted by molar-refractivity contribution is -0.165. The smallest absolute Gasteiger partial charge is 0.410 e. The molecule has 0 aromatic carbocycles. The van der Waals surface area contributed by atoms with Crippen LogP contribution in [0.1, 0.15) is 80.6 Å². The van der Waals surface area contributed by atoms with Crippen LogP contribution in [-0.4, -0.2) is 144 Å². The van der Waals surface area contributed by atoms with Crippen LogP contribution in [0.15, 0.2) is 0 Å². The van der Waals surface area contributed by atoms with Crippen LogP contribution in [0.5, 0.6) is 0 Å². The van der Waals surface area contributed by atoms with Crippen molar-refractivity contribution in [1.29, 1.82) is 0 Å². The van der Waals surface area contributed by atoms with E-state index in [1.54, 1.807) is 4.90 Å². The van der Waals surface area contributed by atoms with Crippen LogP contribution in [0.25, 0.3) is 0 Å². The highest BCUT2D eigenvalue weighted by Gasteiger charge is 2.59. The van der Waals surface area contributed by atoms with Crippen molar-refractivity contribution >= 4 is 12.1 Å². The zero-order valence-corrected chi connectivity index (χ0v) is 31.0. The van der Waals surface area contributed by atoms with Crippen LogP contribution >= 0.6 is 0 Å². The minimum Gasteiger partial charge on any atom is -0.444 e. The summed E-state index contributed by atoms with van der Waals surface area (Å²) in [4.78, 5) is 33.4. The lowest BCUT2D eigenvalue weighted by atomic mass is 9.71. The molecule has 6 aliphatic rings. The van der Waals surface area contributed by atoms with Crippen molar-refractivity contribution < 1.29 is 37.7 Å². The molecule has 6 fully saturated rings. The largest absolute Gasteiger partial charge is 0.444 e. The number of hydrogen-bond acceptors (Lipinski definition) is 9. The molecule has 0 aromatic rings. The number of nitrogens with zero attached hydrogens (tertiary/aromatic N) is 3. The lowest BCUT2D eigenvalue weighted by Gasteiger charge is -2.60. The molecule has 5 heterocycles. The summed E-state index contributed by atoms with van der Waals surface area (Å²) >= 11 is 0. The number of urea groups is 1. The number of nitrogens with one attached hydrogen (secondary N) is 3. The van der Waals surface area contributed by atoms with E-state index < -0.39 is 72.5 Å². The molecule has 13 unspecified atom stereocenters. The van der Waals surface area contributed by atoms with Gasteiger partial charge in [-0.3, -0.25) is 10.2 Å². The van der Waals surface area contributed by atoms with E-state index in [0.29, 0.717) is 58.5 Å². The number of carbonyl (C=O) groups excluding carboxylic acids is 2. The van der Waals surface area contributed by atoms with Gasteiger partial charge in [-0.1, -0.05) is 13.8 Å².